The summed E-state index contributed by atoms with van der Waals surface area (Å²) in [4.78, 5) is 9.05. The van der Waals surface area contributed by atoms with Crippen molar-refractivity contribution < 1.29 is 8.95 Å². The SMILES string of the molecule is Cc1cc2c(cn1)Oc1cccnc1CS2=O. The average Bonchev–Trinajstić information content (AvgIpc) is 2.46. The van der Waals surface area contributed by atoms with Crippen LogP contribution in [0.25, 0.3) is 0 Å². The van der Waals surface area contributed by atoms with E-state index in [-0.39, 0.29) is 0 Å². The molecule has 1 unspecified atom stereocenters. The molecule has 0 aliphatic carbocycles. The molecule has 3 heterocycles. The van der Waals surface area contributed by atoms with Crippen molar-refractivity contribution in [2.24, 2.45) is 0 Å². The molecular weight excluding hydrogens is 236 g/mol. The van der Waals surface area contributed by atoms with E-state index in [1.165, 1.54) is 0 Å². The summed E-state index contributed by atoms with van der Waals surface area (Å²) < 4.78 is 17.9. The van der Waals surface area contributed by atoms with Crippen LogP contribution in [0.5, 0.6) is 11.5 Å². The Morgan fingerprint density at radius 2 is 2.24 bits per heavy atom. The third-order valence-electron chi connectivity index (χ3n) is 2.55. The second kappa shape index (κ2) is 3.92. The quantitative estimate of drug-likeness (QED) is 0.715. The fraction of sp³-hybridized carbons (Fsp3) is 0.167. The first kappa shape index (κ1) is 10.4. The number of nitrogens with zero attached hydrogens (tertiary/aromatic N) is 2. The van der Waals surface area contributed by atoms with Gasteiger partial charge in [-0.2, -0.15) is 0 Å². The fourth-order valence-corrected chi connectivity index (χ4v) is 2.96. The van der Waals surface area contributed by atoms with Gasteiger partial charge in [-0.25, -0.2) is 0 Å². The van der Waals surface area contributed by atoms with Gasteiger partial charge in [0.15, 0.2) is 5.75 Å². The molecule has 0 saturated carbocycles. The summed E-state index contributed by atoms with van der Waals surface area (Å²) in [7, 11) is -1.13. The van der Waals surface area contributed by atoms with Crippen molar-refractivity contribution in [1.82, 2.24) is 9.97 Å². The van der Waals surface area contributed by atoms with E-state index in [1.807, 2.05) is 13.0 Å². The summed E-state index contributed by atoms with van der Waals surface area (Å²) in [6.45, 7) is 1.87. The predicted octanol–water partition coefficient (Wildman–Crippen LogP) is 2.20. The van der Waals surface area contributed by atoms with Crippen LogP contribution in [0.4, 0.5) is 0 Å². The first-order valence-corrected chi connectivity index (χ1v) is 6.53. The number of rotatable bonds is 0. The Balaban J connectivity index is 2.17. The Morgan fingerprint density at radius 3 is 3.12 bits per heavy atom. The number of pyridine rings is 2. The van der Waals surface area contributed by atoms with Crippen LogP contribution < -0.4 is 4.74 Å². The van der Waals surface area contributed by atoms with Gasteiger partial charge in [0.05, 0.1) is 33.3 Å². The van der Waals surface area contributed by atoms with E-state index in [0.29, 0.717) is 22.1 Å². The van der Waals surface area contributed by atoms with Crippen LogP contribution in [0.1, 0.15) is 11.4 Å². The van der Waals surface area contributed by atoms with Gasteiger partial charge in [0.2, 0.25) is 0 Å². The number of hydrogen-bond acceptors (Lipinski definition) is 4. The molecule has 0 amide bonds. The Hall–Kier alpha value is -1.75. The standard InChI is InChI=1S/C12H10N2O2S/c1-8-5-12-11(6-14-8)16-10-3-2-4-13-9(10)7-17(12)15/h2-6H,7H2,1H3. The summed E-state index contributed by atoms with van der Waals surface area (Å²) in [6, 6.07) is 5.43. The molecule has 1 atom stereocenters. The van der Waals surface area contributed by atoms with Gasteiger partial charge in [-0.05, 0) is 25.1 Å². The minimum atomic E-state index is -1.13. The lowest BCUT2D eigenvalue weighted by molar-refractivity contribution is 0.463. The van der Waals surface area contributed by atoms with Crippen molar-refractivity contribution in [1.29, 1.82) is 0 Å². The summed E-state index contributed by atoms with van der Waals surface area (Å²) in [5, 5.41) is 0. The molecule has 86 valence electrons. The van der Waals surface area contributed by atoms with E-state index in [2.05, 4.69) is 9.97 Å². The molecular formula is C12H10N2O2S. The first-order chi connectivity index (χ1) is 8.24. The van der Waals surface area contributed by atoms with Gasteiger partial charge in [-0.3, -0.25) is 14.2 Å². The summed E-state index contributed by atoms with van der Waals surface area (Å²) in [6.07, 6.45) is 3.30. The Labute approximate surface area is 101 Å². The molecule has 0 N–H and O–H groups in total. The molecule has 1 aliphatic rings. The molecule has 0 spiro atoms. The topological polar surface area (TPSA) is 52.1 Å². The maximum atomic E-state index is 12.2. The normalized spacial score (nSPS) is 17.6. The molecule has 0 saturated heterocycles. The van der Waals surface area contributed by atoms with E-state index < -0.39 is 10.8 Å². The molecule has 0 bridgehead atoms. The van der Waals surface area contributed by atoms with Gasteiger partial charge >= 0.3 is 0 Å². The molecule has 0 radical (unpaired) electrons. The smallest absolute Gasteiger partial charge is 0.161 e. The zero-order valence-corrected chi connectivity index (χ0v) is 10.0. The van der Waals surface area contributed by atoms with Gasteiger partial charge in [-0.1, -0.05) is 0 Å². The second-order valence-corrected chi connectivity index (χ2v) is 5.23. The van der Waals surface area contributed by atoms with Crippen LogP contribution in [-0.4, -0.2) is 14.2 Å². The highest BCUT2D eigenvalue weighted by atomic mass is 32.2. The Kier molecular flexibility index (Phi) is 2.40. The molecule has 0 aromatic carbocycles. The van der Waals surface area contributed by atoms with Gasteiger partial charge in [0.1, 0.15) is 5.75 Å². The van der Waals surface area contributed by atoms with E-state index in [4.69, 9.17) is 4.74 Å². The predicted molar refractivity (Wildman–Crippen MR) is 63.4 cm³/mol. The number of fused-ring (bicyclic) bond motifs is 2. The summed E-state index contributed by atoms with van der Waals surface area (Å²) >= 11 is 0. The van der Waals surface area contributed by atoms with Crippen molar-refractivity contribution in [2.45, 2.75) is 17.6 Å². The lowest BCUT2D eigenvalue weighted by Crippen LogP contribution is -1.97. The highest BCUT2D eigenvalue weighted by Gasteiger charge is 2.21. The monoisotopic (exact) mass is 246 g/mol. The zero-order valence-electron chi connectivity index (χ0n) is 9.21. The first-order valence-electron chi connectivity index (χ1n) is 5.21. The highest BCUT2D eigenvalue weighted by molar-refractivity contribution is 7.84. The number of aryl methyl sites for hydroxylation is 1. The van der Waals surface area contributed by atoms with Crippen molar-refractivity contribution in [3.63, 3.8) is 0 Å². The third kappa shape index (κ3) is 1.82. The minimum absolute atomic E-state index is 0.382. The van der Waals surface area contributed by atoms with E-state index in [1.54, 1.807) is 24.5 Å². The van der Waals surface area contributed by atoms with Crippen molar-refractivity contribution in [2.75, 3.05) is 0 Å². The van der Waals surface area contributed by atoms with E-state index >= 15 is 0 Å². The number of ether oxygens (including phenoxy) is 1. The van der Waals surface area contributed by atoms with Crippen LogP contribution in [0, 0.1) is 6.92 Å². The lowest BCUT2D eigenvalue weighted by Gasteiger charge is -2.06. The summed E-state index contributed by atoms with van der Waals surface area (Å²) in [5.41, 5.74) is 1.55. The van der Waals surface area contributed by atoms with Crippen LogP contribution >= 0.6 is 0 Å². The maximum absolute atomic E-state index is 12.2. The molecule has 2 aromatic heterocycles. The van der Waals surface area contributed by atoms with Gasteiger partial charge in [0.25, 0.3) is 0 Å². The van der Waals surface area contributed by atoms with Crippen LogP contribution in [0.3, 0.4) is 0 Å². The lowest BCUT2D eigenvalue weighted by atomic mass is 10.3. The van der Waals surface area contributed by atoms with Gasteiger partial charge < -0.3 is 4.74 Å². The molecule has 3 rings (SSSR count). The molecule has 17 heavy (non-hydrogen) atoms. The molecule has 5 heteroatoms. The second-order valence-electron chi connectivity index (χ2n) is 3.81. The Bertz CT molecular complexity index is 613. The fourth-order valence-electron chi connectivity index (χ4n) is 1.72. The summed E-state index contributed by atoms with van der Waals surface area (Å²) in [5.74, 6) is 1.60. The Morgan fingerprint density at radius 1 is 1.35 bits per heavy atom. The molecule has 0 fully saturated rings. The minimum Gasteiger partial charge on any atom is -0.453 e. The molecule has 4 nitrogen and oxygen atoms in total. The van der Waals surface area contributed by atoms with Gasteiger partial charge in [-0.15, -0.1) is 0 Å². The number of aromatic nitrogens is 2. The third-order valence-corrected chi connectivity index (χ3v) is 3.89. The van der Waals surface area contributed by atoms with Crippen molar-refractivity contribution >= 4 is 10.8 Å². The zero-order chi connectivity index (χ0) is 11.8. The van der Waals surface area contributed by atoms with E-state index in [9.17, 15) is 4.21 Å². The number of hydrogen-bond donors (Lipinski definition) is 0. The largest absolute Gasteiger partial charge is 0.453 e. The van der Waals surface area contributed by atoms with E-state index in [0.717, 1.165) is 11.4 Å². The average molecular weight is 246 g/mol. The van der Waals surface area contributed by atoms with Crippen LogP contribution in [-0.2, 0) is 16.6 Å². The highest BCUT2D eigenvalue weighted by Crippen LogP contribution is 2.34. The van der Waals surface area contributed by atoms with Crippen LogP contribution in [0.15, 0.2) is 35.5 Å². The van der Waals surface area contributed by atoms with Crippen LogP contribution in [0.2, 0.25) is 0 Å². The van der Waals surface area contributed by atoms with Gasteiger partial charge in [0, 0.05) is 11.9 Å². The van der Waals surface area contributed by atoms with Crippen molar-refractivity contribution in [3.8, 4) is 11.5 Å². The molecule has 1 aliphatic heterocycles. The van der Waals surface area contributed by atoms with Crippen molar-refractivity contribution in [3.05, 3.63) is 42.0 Å². The molecule has 2 aromatic rings. The maximum Gasteiger partial charge on any atom is 0.161 e.